The lowest BCUT2D eigenvalue weighted by molar-refractivity contribution is 0.245. The molecule has 0 fully saturated rings. The highest BCUT2D eigenvalue weighted by Gasteiger charge is 2.18. The molecule has 0 aliphatic heterocycles. The van der Waals surface area contributed by atoms with E-state index in [-0.39, 0.29) is 0 Å². The summed E-state index contributed by atoms with van der Waals surface area (Å²) in [6, 6.07) is 0. The molecule has 0 radical (unpaired) electrons. The number of hydrogen-bond donors (Lipinski definition) is 0. The highest BCUT2D eigenvalue weighted by atomic mass is 28.1. The summed E-state index contributed by atoms with van der Waals surface area (Å²) in [6.45, 7) is 4.04. The van der Waals surface area contributed by atoms with Gasteiger partial charge < -0.3 is 0 Å². The van der Waals surface area contributed by atoms with E-state index in [2.05, 4.69) is 6.92 Å². The van der Waals surface area contributed by atoms with Crippen LogP contribution in [0.5, 0.6) is 0 Å². The van der Waals surface area contributed by atoms with Crippen molar-refractivity contribution in [2.24, 2.45) is 0 Å². The molecule has 0 aliphatic rings. The molecule has 0 bridgehead atoms. The zero-order valence-electron chi connectivity index (χ0n) is 6.71. The molecule has 0 amide bonds. The van der Waals surface area contributed by atoms with Gasteiger partial charge in [0.15, 0.2) is 0 Å². The molecule has 0 nitrogen and oxygen atoms in total. The van der Waals surface area contributed by atoms with Crippen LogP contribution in [-0.4, -0.2) is 15.5 Å². The zero-order valence-corrected chi connectivity index (χ0v) is 8.71. The van der Waals surface area contributed by atoms with Crippen LogP contribution in [0.2, 0.25) is 0 Å². The fourth-order valence-corrected chi connectivity index (χ4v) is 1.08. The molecule has 0 spiro atoms. The SMILES string of the molecule is CCCCC(F)([SiH3])CC. The van der Waals surface area contributed by atoms with Crippen molar-refractivity contribution in [3.63, 3.8) is 0 Å². The summed E-state index contributed by atoms with van der Waals surface area (Å²) in [5.74, 6) is 0. The summed E-state index contributed by atoms with van der Waals surface area (Å²) in [4.78, 5) is 0. The predicted molar refractivity (Wildman–Crippen MR) is 43.6 cm³/mol. The molecule has 56 valence electrons. The average molecular weight is 148 g/mol. The van der Waals surface area contributed by atoms with Crippen molar-refractivity contribution in [1.29, 1.82) is 0 Å². The van der Waals surface area contributed by atoms with Gasteiger partial charge in [-0.1, -0.05) is 26.7 Å². The maximum Gasteiger partial charge on any atom is 0.0894 e. The van der Waals surface area contributed by atoms with Crippen LogP contribution >= 0.6 is 0 Å². The Morgan fingerprint density at radius 2 is 2.00 bits per heavy atom. The maximum atomic E-state index is 13.1. The van der Waals surface area contributed by atoms with E-state index in [9.17, 15) is 4.39 Å². The molecule has 0 aromatic rings. The van der Waals surface area contributed by atoms with Gasteiger partial charge in [0.05, 0.1) is 5.29 Å². The molecule has 1 atom stereocenters. The van der Waals surface area contributed by atoms with Crippen molar-refractivity contribution in [2.75, 3.05) is 0 Å². The molecule has 0 N–H and O–H groups in total. The molecule has 1 unspecified atom stereocenters. The molecular weight excluding hydrogens is 131 g/mol. The Labute approximate surface area is 60.3 Å². The number of hydrogen-bond acceptors (Lipinski definition) is 0. The summed E-state index contributed by atoms with van der Waals surface area (Å²) < 4.78 is 13.1. The largest absolute Gasteiger partial charge is 0.249 e. The summed E-state index contributed by atoms with van der Waals surface area (Å²) in [5, 5.41) is -0.768. The quantitative estimate of drug-likeness (QED) is 0.531. The number of unbranched alkanes of at least 4 members (excludes halogenated alkanes) is 1. The van der Waals surface area contributed by atoms with E-state index in [0.29, 0.717) is 16.7 Å². The van der Waals surface area contributed by atoms with Gasteiger partial charge in [0.1, 0.15) is 0 Å². The molecule has 0 aliphatic carbocycles. The second-order valence-corrected chi connectivity index (χ2v) is 4.66. The van der Waals surface area contributed by atoms with Gasteiger partial charge in [0.25, 0.3) is 0 Å². The van der Waals surface area contributed by atoms with Gasteiger partial charge in [0.2, 0.25) is 0 Å². The minimum atomic E-state index is -0.768. The van der Waals surface area contributed by atoms with Gasteiger partial charge in [-0.05, 0) is 12.8 Å². The molecule has 2 heteroatoms. The van der Waals surface area contributed by atoms with Crippen molar-refractivity contribution in [3.05, 3.63) is 0 Å². The maximum absolute atomic E-state index is 13.1. The van der Waals surface area contributed by atoms with Crippen molar-refractivity contribution < 1.29 is 4.39 Å². The van der Waals surface area contributed by atoms with Crippen LogP contribution < -0.4 is 0 Å². The van der Waals surface area contributed by atoms with Crippen LogP contribution in [0.1, 0.15) is 39.5 Å². The molecule has 0 aromatic carbocycles. The third-order valence-electron chi connectivity index (χ3n) is 1.79. The van der Waals surface area contributed by atoms with Gasteiger partial charge in [0, 0.05) is 10.2 Å². The van der Waals surface area contributed by atoms with Crippen LogP contribution in [0, 0.1) is 0 Å². The van der Waals surface area contributed by atoms with Crippen molar-refractivity contribution in [1.82, 2.24) is 0 Å². The van der Waals surface area contributed by atoms with Gasteiger partial charge in [-0.2, -0.15) is 0 Å². The number of alkyl halides is 1. The van der Waals surface area contributed by atoms with Crippen LogP contribution in [0.3, 0.4) is 0 Å². The second-order valence-electron chi connectivity index (χ2n) is 2.87. The molecule has 0 heterocycles. The molecule has 0 rings (SSSR count). The third kappa shape index (κ3) is 4.64. The van der Waals surface area contributed by atoms with Crippen LogP contribution in [0.25, 0.3) is 0 Å². The normalized spacial score (nSPS) is 17.7. The Bertz CT molecular complexity index is 71.3. The zero-order chi connectivity index (χ0) is 7.33. The fraction of sp³-hybridized carbons (Fsp3) is 1.00. The van der Waals surface area contributed by atoms with E-state index in [1.54, 1.807) is 0 Å². The molecule has 9 heavy (non-hydrogen) atoms. The third-order valence-corrected chi connectivity index (χ3v) is 3.00. The monoisotopic (exact) mass is 148 g/mol. The van der Waals surface area contributed by atoms with Gasteiger partial charge in [-0.15, -0.1) is 0 Å². The first-order valence-electron chi connectivity index (χ1n) is 3.81. The first kappa shape index (κ1) is 9.15. The average Bonchev–Trinajstić information content (AvgIpc) is 1.84. The van der Waals surface area contributed by atoms with Gasteiger partial charge in [-0.25, -0.2) is 4.39 Å². The van der Waals surface area contributed by atoms with E-state index >= 15 is 0 Å². The Morgan fingerprint density at radius 3 is 2.33 bits per heavy atom. The first-order valence-corrected chi connectivity index (χ1v) is 4.81. The van der Waals surface area contributed by atoms with E-state index in [4.69, 9.17) is 0 Å². The summed E-state index contributed by atoms with van der Waals surface area (Å²) in [6.07, 6.45) is 3.66. The predicted octanol–water partition coefficient (Wildman–Crippen LogP) is 1.62. The first-order chi connectivity index (χ1) is 4.12. The number of rotatable bonds is 4. The lowest BCUT2D eigenvalue weighted by atomic mass is 10.1. The Morgan fingerprint density at radius 1 is 1.44 bits per heavy atom. The molecule has 0 aromatic heterocycles. The Kier molecular flexibility index (Phi) is 4.11. The van der Waals surface area contributed by atoms with Gasteiger partial charge in [-0.3, -0.25) is 0 Å². The molecule has 0 saturated heterocycles. The molecule has 0 saturated carbocycles. The lowest BCUT2D eigenvalue weighted by Crippen LogP contribution is -2.21. The Balaban J connectivity index is 3.33. The minimum Gasteiger partial charge on any atom is -0.249 e. The number of halogens is 1. The van der Waals surface area contributed by atoms with Crippen molar-refractivity contribution in [3.8, 4) is 0 Å². The fourth-order valence-electron chi connectivity index (χ4n) is 0.722. The topological polar surface area (TPSA) is 0 Å². The second kappa shape index (κ2) is 4.04. The highest BCUT2D eigenvalue weighted by Crippen LogP contribution is 2.18. The van der Waals surface area contributed by atoms with Crippen molar-refractivity contribution >= 4 is 10.2 Å². The molecular formula is C7H17FSi. The minimum absolute atomic E-state index is 0.696. The summed E-state index contributed by atoms with van der Waals surface area (Å²) in [7, 11) is 0.696. The van der Waals surface area contributed by atoms with E-state index < -0.39 is 5.29 Å². The Hall–Kier alpha value is 0.147. The standard InChI is InChI=1S/C7H17FSi/c1-3-5-6-7(8,9)4-2/h3-6H2,1-2,9H3. The smallest absolute Gasteiger partial charge is 0.0894 e. The van der Waals surface area contributed by atoms with Crippen LogP contribution in [0.15, 0.2) is 0 Å². The summed E-state index contributed by atoms with van der Waals surface area (Å²) >= 11 is 0. The van der Waals surface area contributed by atoms with E-state index in [1.165, 1.54) is 0 Å². The van der Waals surface area contributed by atoms with Gasteiger partial charge >= 0.3 is 0 Å². The van der Waals surface area contributed by atoms with E-state index in [1.807, 2.05) is 6.92 Å². The summed E-state index contributed by atoms with van der Waals surface area (Å²) in [5.41, 5.74) is 0. The van der Waals surface area contributed by atoms with Crippen LogP contribution in [0.4, 0.5) is 4.39 Å². The van der Waals surface area contributed by atoms with E-state index in [0.717, 1.165) is 19.3 Å². The highest BCUT2D eigenvalue weighted by molar-refractivity contribution is 6.14. The lowest BCUT2D eigenvalue weighted by Gasteiger charge is -2.16. The van der Waals surface area contributed by atoms with Crippen LogP contribution in [-0.2, 0) is 0 Å². The van der Waals surface area contributed by atoms with Crippen molar-refractivity contribution in [2.45, 2.75) is 44.8 Å².